The Hall–Kier alpha value is -1.49. The summed E-state index contributed by atoms with van der Waals surface area (Å²) in [5, 5.41) is 6.18. The van der Waals surface area contributed by atoms with Gasteiger partial charge >= 0.3 is 6.09 Å². The van der Waals surface area contributed by atoms with Gasteiger partial charge in [0.2, 0.25) is 0 Å². The second-order valence-corrected chi connectivity index (χ2v) is 5.97. The summed E-state index contributed by atoms with van der Waals surface area (Å²) in [6.45, 7) is 9.01. The zero-order chi connectivity index (χ0) is 14.0. The van der Waals surface area contributed by atoms with Gasteiger partial charge in [-0.1, -0.05) is 0 Å². The Morgan fingerprint density at radius 2 is 2.16 bits per heavy atom. The topological polar surface area (TPSA) is 63.5 Å². The lowest BCUT2D eigenvalue weighted by atomic mass is 10.0. The number of hydrogen-bond acceptors (Lipinski definition) is 4. The first-order valence-corrected chi connectivity index (χ1v) is 6.62. The van der Waals surface area contributed by atoms with Crippen molar-refractivity contribution in [3.05, 3.63) is 23.7 Å². The molecule has 0 aliphatic carbocycles. The molecule has 0 aromatic carbocycles. The molecule has 0 radical (unpaired) electrons. The molecule has 1 aliphatic heterocycles. The molecule has 1 saturated heterocycles. The normalized spacial score (nSPS) is 23.4. The van der Waals surface area contributed by atoms with Crippen molar-refractivity contribution in [2.75, 3.05) is 13.1 Å². The molecule has 2 atom stereocenters. The van der Waals surface area contributed by atoms with Crippen molar-refractivity contribution in [3.8, 4) is 0 Å². The van der Waals surface area contributed by atoms with E-state index in [9.17, 15) is 4.79 Å². The molecule has 5 nitrogen and oxygen atoms in total. The molecule has 2 N–H and O–H groups in total. The van der Waals surface area contributed by atoms with E-state index in [4.69, 9.17) is 9.15 Å². The molecule has 19 heavy (non-hydrogen) atoms. The largest absolute Gasteiger partial charge is 0.466 e. The molecule has 106 valence electrons. The smallest absolute Gasteiger partial charge is 0.407 e. The van der Waals surface area contributed by atoms with Crippen molar-refractivity contribution < 1.29 is 13.9 Å². The summed E-state index contributed by atoms with van der Waals surface area (Å²) in [6, 6.07) is 3.91. The summed E-state index contributed by atoms with van der Waals surface area (Å²) < 4.78 is 10.9. The summed E-state index contributed by atoms with van der Waals surface area (Å²) in [4.78, 5) is 11.8. The molecule has 0 bridgehead atoms. The van der Waals surface area contributed by atoms with Crippen molar-refractivity contribution >= 4 is 6.09 Å². The van der Waals surface area contributed by atoms with Crippen LogP contribution in [-0.2, 0) is 4.74 Å². The number of ether oxygens (including phenoxy) is 1. The van der Waals surface area contributed by atoms with Crippen LogP contribution in [0.2, 0.25) is 0 Å². The molecule has 1 aromatic heterocycles. The van der Waals surface area contributed by atoms with Crippen LogP contribution in [0.1, 0.15) is 38.2 Å². The fraction of sp³-hybridized carbons (Fsp3) is 0.643. The van der Waals surface area contributed by atoms with Gasteiger partial charge in [0.25, 0.3) is 0 Å². The quantitative estimate of drug-likeness (QED) is 0.861. The van der Waals surface area contributed by atoms with Crippen LogP contribution in [0.15, 0.2) is 16.5 Å². The highest BCUT2D eigenvalue weighted by atomic mass is 16.6. The number of carbonyl (C=O) groups is 1. The van der Waals surface area contributed by atoms with Gasteiger partial charge < -0.3 is 19.8 Å². The highest BCUT2D eigenvalue weighted by Gasteiger charge is 2.32. The first kappa shape index (κ1) is 13.9. The zero-order valence-electron chi connectivity index (χ0n) is 11.9. The van der Waals surface area contributed by atoms with Gasteiger partial charge in [-0.3, -0.25) is 0 Å². The Balaban J connectivity index is 1.98. The molecule has 5 heteroatoms. The highest BCUT2D eigenvalue weighted by Crippen LogP contribution is 2.25. The molecular formula is C14H22N2O3. The lowest BCUT2D eigenvalue weighted by Crippen LogP contribution is -2.42. The summed E-state index contributed by atoms with van der Waals surface area (Å²) >= 11 is 0. The molecule has 0 saturated carbocycles. The third-order valence-electron chi connectivity index (χ3n) is 3.04. The number of aryl methyl sites for hydroxylation is 1. The molecular weight excluding hydrogens is 244 g/mol. The lowest BCUT2D eigenvalue weighted by Gasteiger charge is -2.23. The first-order valence-electron chi connectivity index (χ1n) is 6.62. The van der Waals surface area contributed by atoms with Crippen molar-refractivity contribution in [3.63, 3.8) is 0 Å². The predicted molar refractivity (Wildman–Crippen MR) is 72.2 cm³/mol. The molecule has 1 aliphatic rings. The summed E-state index contributed by atoms with van der Waals surface area (Å²) in [7, 11) is 0. The van der Waals surface area contributed by atoms with Crippen LogP contribution in [0, 0.1) is 6.92 Å². The third kappa shape index (κ3) is 3.73. The number of alkyl carbamates (subject to hydrolysis) is 1. The van der Waals surface area contributed by atoms with E-state index >= 15 is 0 Å². The van der Waals surface area contributed by atoms with Gasteiger partial charge in [0.05, 0.1) is 12.0 Å². The SMILES string of the molecule is Cc1ccc([C@H]2CNC[C@@H]2NC(=O)OC(C)(C)C)o1. The minimum absolute atomic E-state index is 0.000370. The van der Waals surface area contributed by atoms with Crippen molar-refractivity contribution in [1.29, 1.82) is 0 Å². The molecule has 1 fully saturated rings. The minimum Gasteiger partial charge on any atom is -0.466 e. The standard InChI is InChI=1S/C14H22N2O3/c1-9-5-6-12(18-9)10-7-15-8-11(10)16-13(17)19-14(2,3)4/h5-6,10-11,15H,7-8H2,1-4H3,(H,16,17)/t10-,11-/m0/s1. The van der Waals surface area contributed by atoms with E-state index in [1.54, 1.807) is 0 Å². The second kappa shape index (κ2) is 5.25. The summed E-state index contributed by atoms with van der Waals surface area (Å²) in [5.74, 6) is 1.95. The Kier molecular flexibility index (Phi) is 3.85. The van der Waals surface area contributed by atoms with Crippen LogP contribution >= 0.6 is 0 Å². The van der Waals surface area contributed by atoms with Crippen LogP contribution in [-0.4, -0.2) is 30.8 Å². The average Bonchev–Trinajstić information content (AvgIpc) is 2.83. The van der Waals surface area contributed by atoms with Crippen molar-refractivity contribution in [1.82, 2.24) is 10.6 Å². The number of nitrogens with one attached hydrogen (secondary N) is 2. The summed E-state index contributed by atoms with van der Waals surface area (Å²) in [6.07, 6.45) is -0.380. The molecule has 2 heterocycles. The van der Waals surface area contributed by atoms with Crippen LogP contribution in [0.25, 0.3) is 0 Å². The monoisotopic (exact) mass is 266 g/mol. The molecule has 1 amide bonds. The Labute approximate surface area is 113 Å². The second-order valence-electron chi connectivity index (χ2n) is 5.97. The van der Waals surface area contributed by atoms with E-state index in [1.165, 1.54) is 0 Å². The van der Waals surface area contributed by atoms with Gasteiger partial charge in [0.15, 0.2) is 0 Å². The molecule has 0 unspecified atom stereocenters. The first-order chi connectivity index (χ1) is 8.85. The highest BCUT2D eigenvalue weighted by molar-refractivity contribution is 5.68. The summed E-state index contributed by atoms with van der Waals surface area (Å²) in [5.41, 5.74) is -0.479. The number of amides is 1. The Morgan fingerprint density at radius 3 is 2.74 bits per heavy atom. The van der Waals surface area contributed by atoms with E-state index in [-0.39, 0.29) is 18.1 Å². The molecule has 1 aromatic rings. The van der Waals surface area contributed by atoms with E-state index < -0.39 is 5.60 Å². The van der Waals surface area contributed by atoms with Crippen LogP contribution in [0.5, 0.6) is 0 Å². The van der Waals surface area contributed by atoms with Gasteiger partial charge in [-0.25, -0.2) is 4.79 Å². The zero-order valence-corrected chi connectivity index (χ0v) is 11.9. The maximum Gasteiger partial charge on any atom is 0.407 e. The fourth-order valence-corrected chi connectivity index (χ4v) is 2.24. The van der Waals surface area contributed by atoms with Crippen molar-refractivity contribution in [2.24, 2.45) is 0 Å². The van der Waals surface area contributed by atoms with Gasteiger partial charge in [0, 0.05) is 13.1 Å². The van der Waals surface area contributed by atoms with Crippen LogP contribution in [0.4, 0.5) is 4.79 Å². The number of hydrogen-bond donors (Lipinski definition) is 2. The van der Waals surface area contributed by atoms with E-state index in [0.29, 0.717) is 0 Å². The van der Waals surface area contributed by atoms with E-state index in [2.05, 4.69) is 10.6 Å². The lowest BCUT2D eigenvalue weighted by molar-refractivity contribution is 0.0503. The van der Waals surface area contributed by atoms with Crippen LogP contribution in [0.3, 0.4) is 0 Å². The maximum absolute atomic E-state index is 11.8. The minimum atomic E-state index is -0.479. The average molecular weight is 266 g/mol. The Morgan fingerprint density at radius 1 is 1.42 bits per heavy atom. The van der Waals surface area contributed by atoms with Gasteiger partial charge in [-0.2, -0.15) is 0 Å². The molecule has 0 spiro atoms. The predicted octanol–water partition coefficient (Wildman–Crippen LogP) is 2.17. The maximum atomic E-state index is 11.8. The van der Waals surface area contributed by atoms with Crippen LogP contribution < -0.4 is 10.6 Å². The van der Waals surface area contributed by atoms with E-state index in [0.717, 1.165) is 24.6 Å². The number of furan rings is 1. The molecule has 2 rings (SSSR count). The van der Waals surface area contributed by atoms with Gasteiger partial charge in [-0.15, -0.1) is 0 Å². The van der Waals surface area contributed by atoms with E-state index in [1.807, 2.05) is 39.8 Å². The van der Waals surface area contributed by atoms with Crippen molar-refractivity contribution in [2.45, 2.75) is 45.3 Å². The Bertz CT molecular complexity index is 448. The van der Waals surface area contributed by atoms with Gasteiger partial charge in [-0.05, 0) is 39.8 Å². The third-order valence-corrected chi connectivity index (χ3v) is 3.04. The van der Waals surface area contributed by atoms with Gasteiger partial charge in [0.1, 0.15) is 17.1 Å². The fourth-order valence-electron chi connectivity index (χ4n) is 2.24. The number of rotatable bonds is 2. The number of carbonyl (C=O) groups excluding carboxylic acids is 1.